The van der Waals surface area contributed by atoms with Crippen molar-refractivity contribution in [2.45, 2.75) is 19.4 Å². The molecule has 0 unspecified atom stereocenters. The van der Waals surface area contributed by atoms with Gasteiger partial charge in [0.15, 0.2) is 5.43 Å². The zero-order chi connectivity index (χ0) is 23.9. The number of fused-ring (bicyclic) bond motifs is 2. The first-order valence-corrected chi connectivity index (χ1v) is 12.3. The SMILES string of the molecule is CC(C)(NC(=O)c1cc2[nH]c3ccccc3c(=O)c2cc1F)c1ccc(N2CCSCC2)nc1. The molecular weight excluding hydrogens is 451 g/mol. The average Bonchev–Trinajstić information content (AvgIpc) is 2.85. The molecular formula is C26H25FN4O2S. The Bertz CT molecular complexity index is 1440. The van der Waals surface area contributed by atoms with Crippen molar-refractivity contribution >= 4 is 45.3 Å². The number of amides is 1. The van der Waals surface area contributed by atoms with E-state index in [1.807, 2.05) is 43.8 Å². The molecule has 3 heterocycles. The number of nitrogens with zero attached hydrogens (tertiary/aromatic N) is 2. The Kier molecular flexibility index (Phi) is 5.77. The third-order valence-corrected chi connectivity index (χ3v) is 7.21. The Morgan fingerprint density at radius 2 is 1.85 bits per heavy atom. The Morgan fingerprint density at radius 1 is 1.09 bits per heavy atom. The number of para-hydroxylation sites is 1. The number of H-pyrrole nitrogens is 1. The summed E-state index contributed by atoms with van der Waals surface area (Å²) >= 11 is 1.94. The highest BCUT2D eigenvalue weighted by molar-refractivity contribution is 7.99. The highest BCUT2D eigenvalue weighted by Gasteiger charge is 2.26. The molecule has 0 atom stereocenters. The van der Waals surface area contributed by atoms with Crippen molar-refractivity contribution in [1.29, 1.82) is 0 Å². The largest absolute Gasteiger partial charge is 0.355 e. The molecule has 2 N–H and O–H groups in total. The van der Waals surface area contributed by atoms with Gasteiger partial charge < -0.3 is 15.2 Å². The molecule has 0 radical (unpaired) electrons. The van der Waals surface area contributed by atoms with Crippen LogP contribution in [0.5, 0.6) is 0 Å². The molecule has 0 saturated carbocycles. The lowest BCUT2D eigenvalue weighted by Crippen LogP contribution is -2.41. The first kappa shape index (κ1) is 22.4. The van der Waals surface area contributed by atoms with E-state index in [2.05, 4.69) is 20.2 Å². The molecule has 0 spiro atoms. The molecule has 0 bridgehead atoms. The van der Waals surface area contributed by atoms with E-state index < -0.39 is 17.3 Å². The lowest BCUT2D eigenvalue weighted by molar-refractivity contribution is 0.0908. The minimum absolute atomic E-state index is 0.123. The van der Waals surface area contributed by atoms with Crippen molar-refractivity contribution in [3.8, 4) is 0 Å². The summed E-state index contributed by atoms with van der Waals surface area (Å²) in [6, 6.07) is 13.5. The number of carbonyl (C=O) groups excluding carboxylic acids is 1. The van der Waals surface area contributed by atoms with Crippen LogP contribution >= 0.6 is 11.8 Å². The number of anilines is 1. The fraction of sp³-hybridized carbons (Fsp3) is 0.269. The quantitative estimate of drug-likeness (QED) is 0.426. The first-order chi connectivity index (χ1) is 16.3. The number of carbonyl (C=O) groups is 1. The molecule has 174 valence electrons. The van der Waals surface area contributed by atoms with Crippen LogP contribution in [0.3, 0.4) is 0 Å². The molecule has 1 amide bonds. The maximum Gasteiger partial charge on any atom is 0.255 e. The van der Waals surface area contributed by atoms with Crippen LogP contribution in [0.1, 0.15) is 29.8 Å². The lowest BCUT2D eigenvalue weighted by Gasteiger charge is -2.29. The molecule has 5 rings (SSSR count). The smallest absolute Gasteiger partial charge is 0.255 e. The Morgan fingerprint density at radius 3 is 2.59 bits per heavy atom. The zero-order valence-electron chi connectivity index (χ0n) is 19.0. The highest BCUT2D eigenvalue weighted by Crippen LogP contribution is 2.25. The van der Waals surface area contributed by atoms with Crippen molar-refractivity contribution in [2.75, 3.05) is 29.5 Å². The molecule has 1 aliphatic heterocycles. The Hall–Kier alpha value is -3.39. The van der Waals surface area contributed by atoms with Crippen molar-refractivity contribution in [3.05, 3.63) is 81.9 Å². The van der Waals surface area contributed by atoms with Gasteiger partial charge in [-0.2, -0.15) is 11.8 Å². The number of benzene rings is 2. The standard InChI is InChI=1S/C26H25FN4O2S/c1-26(2,16-7-8-23(28-15-16)31-9-11-34-12-10-31)30-25(33)18-14-22-19(13-20(18)27)24(32)17-5-3-4-6-21(17)29-22/h3-8,13-15H,9-12H2,1-2H3,(H,29,32)(H,30,33). The van der Waals surface area contributed by atoms with E-state index in [0.29, 0.717) is 16.4 Å². The van der Waals surface area contributed by atoms with Gasteiger partial charge in [-0.1, -0.05) is 18.2 Å². The predicted molar refractivity (Wildman–Crippen MR) is 136 cm³/mol. The van der Waals surface area contributed by atoms with Crippen LogP contribution in [0, 0.1) is 5.82 Å². The van der Waals surface area contributed by atoms with Crippen LogP contribution in [0.25, 0.3) is 21.8 Å². The zero-order valence-corrected chi connectivity index (χ0v) is 19.8. The van der Waals surface area contributed by atoms with Crippen LogP contribution < -0.4 is 15.6 Å². The van der Waals surface area contributed by atoms with Gasteiger partial charge in [0.25, 0.3) is 5.91 Å². The molecule has 1 saturated heterocycles. The summed E-state index contributed by atoms with van der Waals surface area (Å²) in [6.07, 6.45) is 1.76. The fourth-order valence-corrected chi connectivity index (χ4v) is 5.18. The van der Waals surface area contributed by atoms with Gasteiger partial charge in [-0.15, -0.1) is 0 Å². The van der Waals surface area contributed by atoms with E-state index >= 15 is 0 Å². The monoisotopic (exact) mass is 476 g/mol. The number of nitrogens with one attached hydrogen (secondary N) is 2. The molecule has 34 heavy (non-hydrogen) atoms. The Balaban J connectivity index is 1.42. The number of hydrogen-bond donors (Lipinski definition) is 2. The molecule has 2 aromatic heterocycles. The van der Waals surface area contributed by atoms with Crippen molar-refractivity contribution in [3.63, 3.8) is 0 Å². The van der Waals surface area contributed by atoms with E-state index in [4.69, 9.17) is 0 Å². The van der Waals surface area contributed by atoms with Crippen LogP contribution in [0.2, 0.25) is 0 Å². The van der Waals surface area contributed by atoms with Crippen LogP contribution in [-0.2, 0) is 5.54 Å². The highest BCUT2D eigenvalue weighted by atomic mass is 32.2. The average molecular weight is 477 g/mol. The third-order valence-electron chi connectivity index (χ3n) is 6.27. The van der Waals surface area contributed by atoms with E-state index in [1.165, 1.54) is 6.07 Å². The summed E-state index contributed by atoms with van der Waals surface area (Å²) in [5.41, 5.74) is 0.696. The van der Waals surface area contributed by atoms with Crippen LogP contribution in [0.4, 0.5) is 10.2 Å². The van der Waals surface area contributed by atoms with Gasteiger partial charge in [-0.3, -0.25) is 9.59 Å². The van der Waals surface area contributed by atoms with Crippen LogP contribution in [-0.4, -0.2) is 40.5 Å². The van der Waals surface area contributed by atoms with Gasteiger partial charge in [-0.25, -0.2) is 9.37 Å². The number of aromatic amines is 1. The number of halogens is 1. The van der Waals surface area contributed by atoms with Crippen molar-refractivity contribution in [1.82, 2.24) is 15.3 Å². The molecule has 4 aromatic rings. The number of hydrogen-bond acceptors (Lipinski definition) is 5. The maximum atomic E-state index is 15.0. The van der Waals surface area contributed by atoms with E-state index in [-0.39, 0.29) is 16.4 Å². The first-order valence-electron chi connectivity index (χ1n) is 11.2. The van der Waals surface area contributed by atoms with E-state index in [1.54, 1.807) is 24.4 Å². The second kappa shape index (κ2) is 8.76. The second-order valence-electron chi connectivity index (χ2n) is 8.96. The summed E-state index contributed by atoms with van der Waals surface area (Å²) in [5.74, 6) is 1.80. The molecule has 6 nitrogen and oxygen atoms in total. The minimum Gasteiger partial charge on any atom is -0.355 e. The number of thioether (sulfide) groups is 1. The maximum absolute atomic E-state index is 15.0. The van der Waals surface area contributed by atoms with Gasteiger partial charge in [0.05, 0.1) is 16.6 Å². The fourth-order valence-electron chi connectivity index (χ4n) is 4.28. The normalized spacial score (nSPS) is 14.5. The third kappa shape index (κ3) is 4.14. The lowest BCUT2D eigenvalue weighted by atomic mass is 9.95. The van der Waals surface area contributed by atoms with Gasteiger partial charge in [0, 0.05) is 47.1 Å². The van der Waals surface area contributed by atoms with Crippen LogP contribution in [0.15, 0.2) is 59.5 Å². The summed E-state index contributed by atoms with van der Waals surface area (Å²) in [6.45, 7) is 5.65. The van der Waals surface area contributed by atoms with Gasteiger partial charge >= 0.3 is 0 Å². The van der Waals surface area contributed by atoms with Gasteiger partial charge in [-0.05, 0) is 49.7 Å². The molecule has 1 fully saturated rings. The van der Waals surface area contributed by atoms with Gasteiger partial charge in [0.1, 0.15) is 11.6 Å². The van der Waals surface area contributed by atoms with E-state index in [9.17, 15) is 14.0 Å². The number of pyridine rings is 2. The number of rotatable bonds is 4. The Labute approximate surface area is 200 Å². The van der Waals surface area contributed by atoms with Crippen molar-refractivity contribution in [2.24, 2.45) is 0 Å². The number of aromatic nitrogens is 2. The van der Waals surface area contributed by atoms with Gasteiger partial charge in [0.2, 0.25) is 0 Å². The van der Waals surface area contributed by atoms with E-state index in [0.717, 1.165) is 42.0 Å². The van der Waals surface area contributed by atoms with Crippen molar-refractivity contribution < 1.29 is 9.18 Å². The summed E-state index contributed by atoms with van der Waals surface area (Å²) in [5, 5.41) is 3.61. The molecule has 2 aromatic carbocycles. The summed E-state index contributed by atoms with van der Waals surface area (Å²) < 4.78 is 15.0. The predicted octanol–water partition coefficient (Wildman–Crippen LogP) is 4.43. The summed E-state index contributed by atoms with van der Waals surface area (Å²) in [7, 11) is 0. The molecule has 1 aliphatic rings. The summed E-state index contributed by atoms with van der Waals surface area (Å²) in [4.78, 5) is 35.9. The minimum atomic E-state index is -0.779. The second-order valence-corrected chi connectivity index (χ2v) is 10.2. The topological polar surface area (TPSA) is 78.1 Å². The molecule has 8 heteroatoms. The molecule has 0 aliphatic carbocycles.